The number of aliphatic imine (C=N–C) groups is 1. The number of hydrogen-bond acceptors (Lipinski definition) is 5. The van der Waals surface area contributed by atoms with E-state index in [-0.39, 0.29) is 12.5 Å². The summed E-state index contributed by atoms with van der Waals surface area (Å²) in [6, 6.07) is 4.27. The van der Waals surface area contributed by atoms with E-state index in [1.807, 2.05) is 12.1 Å². The molecule has 3 rings (SSSR count). The number of rotatable bonds is 4. The molecule has 0 saturated heterocycles. The predicted octanol–water partition coefficient (Wildman–Crippen LogP) is 3.52. The lowest BCUT2D eigenvalue weighted by atomic mass is 9.95. The van der Waals surface area contributed by atoms with Gasteiger partial charge in [-0.3, -0.25) is 4.99 Å². The fourth-order valence-electron chi connectivity index (χ4n) is 2.94. The van der Waals surface area contributed by atoms with Crippen molar-refractivity contribution in [1.82, 2.24) is 4.90 Å². The third kappa shape index (κ3) is 3.32. The molecule has 2 atom stereocenters. The van der Waals surface area contributed by atoms with E-state index in [1.54, 1.807) is 37.5 Å². The molecular weight excluding hydrogens is 367 g/mol. The van der Waals surface area contributed by atoms with E-state index >= 15 is 0 Å². The summed E-state index contributed by atoms with van der Waals surface area (Å²) in [6.07, 6.45) is 3.53. The normalized spacial score (nSPS) is 22.4. The van der Waals surface area contributed by atoms with Crippen LogP contribution in [-0.2, 0) is 4.79 Å². The number of carboxylic acids is 1. The van der Waals surface area contributed by atoms with E-state index in [1.165, 1.54) is 0 Å². The average molecular weight is 383 g/mol. The summed E-state index contributed by atoms with van der Waals surface area (Å²) in [4.78, 5) is 17.6. The number of nitrogens with zero attached hydrogens (tertiary/aromatic N) is 2. The summed E-state index contributed by atoms with van der Waals surface area (Å²) in [7, 11) is 3.10. The first kappa shape index (κ1) is 17.6. The minimum absolute atomic E-state index is 0.277. The van der Waals surface area contributed by atoms with Gasteiger partial charge in [-0.15, -0.1) is 0 Å². The highest BCUT2D eigenvalue weighted by atomic mass is 35.5. The summed E-state index contributed by atoms with van der Waals surface area (Å²) in [6.45, 7) is 0. The Hall–Kier alpha value is -2.18. The summed E-state index contributed by atoms with van der Waals surface area (Å²) < 4.78 is 10.6. The van der Waals surface area contributed by atoms with Gasteiger partial charge in [-0.1, -0.05) is 29.3 Å². The maximum absolute atomic E-state index is 11.5. The number of carboxylic acid groups (broad SMARTS) is 1. The Balaban J connectivity index is 2.07. The quantitative estimate of drug-likeness (QED) is 0.862. The van der Waals surface area contributed by atoms with Crippen molar-refractivity contribution in [2.45, 2.75) is 18.5 Å². The number of hydrogen-bond donors (Lipinski definition) is 1. The van der Waals surface area contributed by atoms with Crippen molar-refractivity contribution in [2.24, 2.45) is 4.99 Å². The van der Waals surface area contributed by atoms with Gasteiger partial charge in [0.1, 0.15) is 5.84 Å². The summed E-state index contributed by atoms with van der Waals surface area (Å²) >= 11 is 12.4. The predicted molar refractivity (Wildman–Crippen MR) is 95.5 cm³/mol. The smallest absolute Gasteiger partial charge is 0.328 e. The number of ether oxygens (including phenoxy) is 2. The van der Waals surface area contributed by atoms with Crippen LogP contribution in [0.15, 0.2) is 45.5 Å². The fraction of sp³-hybridized carbons (Fsp3) is 0.294. The molecule has 2 unspecified atom stereocenters. The number of amidine groups is 1. The van der Waals surface area contributed by atoms with Crippen LogP contribution < -0.4 is 9.47 Å². The SMILES string of the molecule is COc1ccc(C2CC(C(=O)O)N=C3C(Cl)=CC(Cl)=CN32)cc1OC. The summed E-state index contributed by atoms with van der Waals surface area (Å²) in [5, 5.41) is 10.2. The van der Waals surface area contributed by atoms with Crippen LogP contribution >= 0.6 is 23.2 Å². The molecule has 0 spiro atoms. The molecule has 8 heteroatoms. The number of halogens is 2. The molecule has 1 N–H and O–H groups in total. The second-order valence-electron chi connectivity index (χ2n) is 5.59. The standard InChI is InChI=1S/C17H16Cl2N2O4/c1-24-14-4-3-9(5-15(14)25-2)13-7-12(17(22)23)20-16-11(19)6-10(18)8-21(13)16/h3-6,8,12-13H,7H2,1-2H3,(H,22,23). The van der Waals surface area contributed by atoms with Gasteiger partial charge in [-0.2, -0.15) is 0 Å². The Morgan fingerprint density at radius 1 is 1.28 bits per heavy atom. The first-order chi connectivity index (χ1) is 11.9. The average Bonchev–Trinajstić information content (AvgIpc) is 2.60. The Kier molecular flexibility index (Phi) is 4.92. The van der Waals surface area contributed by atoms with Crippen LogP contribution in [0.25, 0.3) is 0 Å². The largest absolute Gasteiger partial charge is 0.493 e. The van der Waals surface area contributed by atoms with Crippen molar-refractivity contribution in [3.05, 3.63) is 46.1 Å². The van der Waals surface area contributed by atoms with Crippen LogP contribution in [0.1, 0.15) is 18.0 Å². The second-order valence-corrected chi connectivity index (χ2v) is 6.43. The van der Waals surface area contributed by atoms with E-state index < -0.39 is 12.0 Å². The van der Waals surface area contributed by atoms with Gasteiger partial charge in [0.15, 0.2) is 17.5 Å². The molecular formula is C17H16Cl2N2O4. The topological polar surface area (TPSA) is 71.4 Å². The van der Waals surface area contributed by atoms with E-state index in [9.17, 15) is 9.90 Å². The molecule has 2 aliphatic heterocycles. The molecule has 2 aliphatic rings. The maximum atomic E-state index is 11.5. The summed E-state index contributed by atoms with van der Waals surface area (Å²) in [5.74, 6) is 0.549. The number of allylic oxidation sites excluding steroid dienone is 2. The Labute approximate surface area is 154 Å². The van der Waals surface area contributed by atoms with E-state index in [4.69, 9.17) is 32.7 Å². The highest BCUT2D eigenvalue weighted by molar-refractivity contribution is 6.45. The highest BCUT2D eigenvalue weighted by Gasteiger charge is 2.36. The Bertz CT molecular complexity index is 804. The molecule has 2 heterocycles. The monoisotopic (exact) mass is 382 g/mol. The molecule has 0 saturated carbocycles. The van der Waals surface area contributed by atoms with Crippen molar-refractivity contribution in [1.29, 1.82) is 0 Å². The molecule has 0 bridgehead atoms. The van der Waals surface area contributed by atoms with E-state index in [0.29, 0.717) is 27.4 Å². The number of benzene rings is 1. The molecule has 0 fully saturated rings. The maximum Gasteiger partial charge on any atom is 0.328 e. The van der Waals surface area contributed by atoms with Crippen LogP contribution in [0.3, 0.4) is 0 Å². The van der Waals surface area contributed by atoms with E-state index in [0.717, 1.165) is 5.56 Å². The molecule has 0 aromatic heterocycles. The lowest BCUT2D eigenvalue weighted by Crippen LogP contribution is -2.41. The Morgan fingerprint density at radius 3 is 2.64 bits per heavy atom. The lowest BCUT2D eigenvalue weighted by Gasteiger charge is -2.38. The van der Waals surface area contributed by atoms with Gasteiger partial charge in [0, 0.05) is 12.6 Å². The number of methoxy groups -OCH3 is 2. The zero-order valence-electron chi connectivity index (χ0n) is 13.6. The first-order valence-electron chi connectivity index (χ1n) is 7.50. The third-order valence-electron chi connectivity index (χ3n) is 4.12. The molecule has 25 heavy (non-hydrogen) atoms. The van der Waals surface area contributed by atoms with Gasteiger partial charge in [-0.05, 0) is 23.8 Å². The van der Waals surface area contributed by atoms with Crippen LogP contribution in [0.2, 0.25) is 0 Å². The minimum Gasteiger partial charge on any atom is -0.493 e. The van der Waals surface area contributed by atoms with Crippen molar-refractivity contribution in [3.63, 3.8) is 0 Å². The zero-order valence-corrected chi connectivity index (χ0v) is 15.1. The van der Waals surface area contributed by atoms with Crippen LogP contribution in [0.4, 0.5) is 0 Å². The number of fused-ring (bicyclic) bond motifs is 1. The van der Waals surface area contributed by atoms with Gasteiger partial charge in [-0.25, -0.2) is 4.79 Å². The molecule has 0 amide bonds. The highest BCUT2D eigenvalue weighted by Crippen LogP contribution is 2.39. The molecule has 1 aromatic carbocycles. The van der Waals surface area contributed by atoms with Gasteiger partial charge in [0.2, 0.25) is 0 Å². The molecule has 0 radical (unpaired) electrons. The molecule has 1 aromatic rings. The minimum atomic E-state index is -0.997. The number of carbonyl (C=O) groups is 1. The van der Waals surface area contributed by atoms with Gasteiger partial charge < -0.3 is 19.5 Å². The second kappa shape index (κ2) is 6.98. The molecule has 6 nitrogen and oxygen atoms in total. The van der Waals surface area contributed by atoms with Gasteiger partial charge >= 0.3 is 5.97 Å². The van der Waals surface area contributed by atoms with Gasteiger partial charge in [0.05, 0.1) is 30.3 Å². The summed E-state index contributed by atoms with van der Waals surface area (Å²) in [5.41, 5.74) is 0.850. The van der Waals surface area contributed by atoms with Crippen molar-refractivity contribution < 1.29 is 19.4 Å². The van der Waals surface area contributed by atoms with Gasteiger partial charge in [0.25, 0.3) is 0 Å². The van der Waals surface area contributed by atoms with Crippen LogP contribution in [-0.4, -0.2) is 42.1 Å². The first-order valence-corrected chi connectivity index (χ1v) is 8.26. The van der Waals surface area contributed by atoms with Crippen LogP contribution in [0.5, 0.6) is 11.5 Å². The lowest BCUT2D eigenvalue weighted by molar-refractivity contribution is -0.139. The fourth-order valence-corrected chi connectivity index (χ4v) is 3.48. The van der Waals surface area contributed by atoms with Crippen LogP contribution in [0, 0.1) is 0 Å². The molecule has 0 aliphatic carbocycles. The van der Waals surface area contributed by atoms with Crippen molar-refractivity contribution >= 4 is 35.0 Å². The van der Waals surface area contributed by atoms with E-state index in [2.05, 4.69) is 4.99 Å². The number of aliphatic carboxylic acids is 1. The van der Waals surface area contributed by atoms with Crippen molar-refractivity contribution in [3.8, 4) is 11.5 Å². The zero-order chi connectivity index (χ0) is 18.1. The third-order valence-corrected chi connectivity index (χ3v) is 4.61. The molecule has 132 valence electrons. The van der Waals surface area contributed by atoms with Crippen molar-refractivity contribution in [2.75, 3.05) is 14.2 Å². The Morgan fingerprint density at radius 2 is 2.00 bits per heavy atom.